The molecule has 1 amide bonds. The highest BCUT2D eigenvalue weighted by Gasteiger charge is 2.19. The standard InChI is InChI=1S/C14H18N2O/c1-11(12-5-3-2-4-6-12)9-15-10-13-7-8-14(17)16-13/h2-6,13,15H,1,7-10H2,(H,16,17). The van der Waals surface area contributed by atoms with Gasteiger partial charge in [-0.05, 0) is 17.6 Å². The van der Waals surface area contributed by atoms with Gasteiger partial charge in [-0.3, -0.25) is 4.79 Å². The molecule has 0 radical (unpaired) electrons. The third-order valence-electron chi connectivity index (χ3n) is 3.00. The molecule has 1 aliphatic rings. The highest BCUT2D eigenvalue weighted by atomic mass is 16.1. The van der Waals surface area contributed by atoms with Crippen LogP contribution in [-0.4, -0.2) is 25.0 Å². The van der Waals surface area contributed by atoms with Crippen molar-refractivity contribution in [2.75, 3.05) is 13.1 Å². The van der Waals surface area contributed by atoms with Gasteiger partial charge < -0.3 is 10.6 Å². The van der Waals surface area contributed by atoms with Crippen molar-refractivity contribution < 1.29 is 4.79 Å². The number of carbonyl (C=O) groups excluding carboxylic acids is 1. The molecule has 17 heavy (non-hydrogen) atoms. The molecule has 1 heterocycles. The van der Waals surface area contributed by atoms with Gasteiger partial charge in [0.05, 0.1) is 0 Å². The maximum atomic E-state index is 11.0. The third kappa shape index (κ3) is 3.43. The Hall–Kier alpha value is -1.61. The highest BCUT2D eigenvalue weighted by Crippen LogP contribution is 2.10. The molecule has 2 N–H and O–H groups in total. The number of hydrogen-bond acceptors (Lipinski definition) is 2. The van der Waals surface area contributed by atoms with Crippen molar-refractivity contribution in [3.8, 4) is 0 Å². The van der Waals surface area contributed by atoms with Crippen LogP contribution in [0.15, 0.2) is 36.9 Å². The zero-order chi connectivity index (χ0) is 12.1. The van der Waals surface area contributed by atoms with E-state index >= 15 is 0 Å². The third-order valence-corrected chi connectivity index (χ3v) is 3.00. The van der Waals surface area contributed by atoms with Crippen LogP contribution in [0.2, 0.25) is 0 Å². The number of rotatable bonds is 5. The van der Waals surface area contributed by atoms with E-state index in [0.29, 0.717) is 6.42 Å². The van der Waals surface area contributed by atoms with E-state index in [1.165, 1.54) is 0 Å². The van der Waals surface area contributed by atoms with Crippen molar-refractivity contribution in [2.24, 2.45) is 0 Å². The number of hydrogen-bond donors (Lipinski definition) is 2. The fourth-order valence-corrected chi connectivity index (χ4v) is 2.00. The first kappa shape index (κ1) is 11.9. The lowest BCUT2D eigenvalue weighted by molar-refractivity contribution is -0.119. The number of benzene rings is 1. The Morgan fingerprint density at radius 3 is 2.82 bits per heavy atom. The Kier molecular flexibility index (Phi) is 3.94. The van der Waals surface area contributed by atoms with Gasteiger partial charge in [-0.25, -0.2) is 0 Å². The van der Waals surface area contributed by atoms with Gasteiger partial charge >= 0.3 is 0 Å². The molecule has 1 saturated heterocycles. The van der Waals surface area contributed by atoms with Crippen molar-refractivity contribution in [2.45, 2.75) is 18.9 Å². The van der Waals surface area contributed by atoms with Gasteiger partial charge in [0, 0.05) is 25.6 Å². The van der Waals surface area contributed by atoms with Crippen molar-refractivity contribution in [1.29, 1.82) is 0 Å². The van der Waals surface area contributed by atoms with Crippen LogP contribution in [0.3, 0.4) is 0 Å². The predicted octanol–water partition coefficient (Wildman–Crippen LogP) is 1.57. The Labute approximate surface area is 102 Å². The summed E-state index contributed by atoms with van der Waals surface area (Å²) in [5.74, 6) is 0.165. The first-order chi connectivity index (χ1) is 8.25. The Morgan fingerprint density at radius 2 is 2.18 bits per heavy atom. The van der Waals surface area contributed by atoms with Crippen LogP contribution >= 0.6 is 0 Å². The van der Waals surface area contributed by atoms with Gasteiger partial charge in [-0.2, -0.15) is 0 Å². The minimum atomic E-state index is 0.165. The van der Waals surface area contributed by atoms with Crippen molar-refractivity contribution in [3.63, 3.8) is 0 Å². The van der Waals surface area contributed by atoms with Crippen LogP contribution in [0.5, 0.6) is 0 Å². The maximum absolute atomic E-state index is 11.0. The molecule has 3 heteroatoms. The fraction of sp³-hybridized carbons (Fsp3) is 0.357. The lowest BCUT2D eigenvalue weighted by Gasteiger charge is -2.12. The molecular formula is C14H18N2O. The van der Waals surface area contributed by atoms with E-state index in [1.807, 2.05) is 18.2 Å². The molecule has 0 saturated carbocycles. The van der Waals surface area contributed by atoms with Crippen LogP contribution in [0.25, 0.3) is 5.57 Å². The monoisotopic (exact) mass is 230 g/mol. The van der Waals surface area contributed by atoms with Crippen LogP contribution in [-0.2, 0) is 4.79 Å². The normalized spacial score (nSPS) is 19.1. The second-order valence-electron chi connectivity index (χ2n) is 4.40. The Morgan fingerprint density at radius 1 is 1.41 bits per heavy atom. The predicted molar refractivity (Wildman–Crippen MR) is 69.5 cm³/mol. The topological polar surface area (TPSA) is 41.1 Å². The molecular weight excluding hydrogens is 212 g/mol. The largest absolute Gasteiger partial charge is 0.352 e. The minimum Gasteiger partial charge on any atom is -0.352 e. The van der Waals surface area contributed by atoms with E-state index in [-0.39, 0.29) is 11.9 Å². The molecule has 0 spiro atoms. The quantitative estimate of drug-likeness (QED) is 0.806. The molecule has 1 aromatic rings. The second kappa shape index (κ2) is 5.64. The van der Waals surface area contributed by atoms with E-state index < -0.39 is 0 Å². The van der Waals surface area contributed by atoms with Crippen LogP contribution in [0, 0.1) is 0 Å². The molecule has 0 aromatic heterocycles. The lowest BCUT2D eigenvalue weighted by atomic mass is 10.1. The summed E-state index contributed by atoms with van der Waals surface area (Å²) >= 11 is 0. The molecule has 1 aliphatic heterocycles. The number of carbonyl (C=O) groups is 1. The van der Waals surface area contributed by atoms with E-state index in [2.05, 4.69) is 29.3 Å². The summed E-state index contributed by atoms with van der Waals surface area (Å²) in [7, 11) is 0. The first-order valence-electron chi connectivity index (χ1n) is 5.99. The summed E-state index contributed by atoms with van der Waals surface area (Å²) in [4.78, 5) is 11.0. The van der Waals surface area contributed by atoms with Gasteiger partial charge in [0.2, 0.25) is 5.91 Å². The second-order valence-corrected chi connectivity index (χ2v) is 4.40. The summed E-state index contributed by atoms with van der Waals surface area (Å²) in [6, 6.07) is 10.4. The lowest BCUT2D eigenvalue weighted by Crippen LogP contribution is -2.36. The van der Waals surface area contributed by atoms with Crippen LogP contribution in [0.4, 0.5) is 0 Å². The molecule has 1 unspecified atom stereocenters. The fourth-order valence-electron chi connectivity index (χ4n) is 2.00. The van der Waals surface area contributed by atoms with E-state index in [4.69, 9.17) is 0 Å². The number of amides is 1. The molecule has 3 nitrogen and oxygen atoms in total. The summed E-state index contributed by atoms with van der Waals surface area (Å²) < 4.78 is 0. The average molecular weight is 230 g/mol. The molecule has 0 aliphatic carbocycles. The van der Waals surface area contributed by atoms with Gasteiger partial charge in [0.25, 0.3) is 0 Å². The average Bonchev–Trinajstić information content (AvgIpc) is 2.76. The summed E-state index contributed by atoms with van der Waals surface area (Å²) in [5, 5.41) is 6.27. The zero-order valence-corrected chi connectivity index (χ0v) is 9.91. The summed E-state index contributed by atoms with van der Waals surface area (Å²) in [6.45, 7) is 5.63. The van der Waals surface area contributed by atoms with E-state index in [0.717, 1.165) is 30.6 Å². The van der Waals surface area contributed by atoms with Crippen molar-refractivity contribution in [1.82, 2.24) is 10.6 Å². The zero-order valence-electron chi connectivity index (χ0n) is 9.91. The van der Waals surface area contributed by atoms with Gasteiger partial charge in [0.1, 0.15) is 0 Å². The molecule has 90 valence electrons. The Balaban J connectivity index is 1.72. The van der Waals surface area contributed by atoms with E-state index in [9.17, 15) is 4.79 Å². The van der Waals surface area contributed by atoms with Gasteiger partial charge in [0.15, 0.2) is 0 Å². The molecule has 1 aromatic carbocycles. The van der Waals surface area contributed by atoms with E-state index in [1.54, 1.807) is 0 Å². The smallest absolute Gasteiger partial charge is 0.220 e. The van der Waals surface area contributed by atoms with Crippen molar-refractivity contribution in [3.05, 3.63) is 42.5 Å². The van der Waals surface area contributed by atoms with Gasteiger partial charge in [-0.15, -0.1) is 0 Å². The van der Waals surface area contributed by atoms with Crippen molar-refractivity contribution >= 4 is 11.5 Å². The first-order valence-corrected chi connectivity index (χ1v) is 5.99. The summed E-state index contributed by atoms with van der Waals surface area (Å²) in [5.41, 5.74) is 2.24. The molecule has 2 rings (SSSR count). The molecule has 0 bridgehead atoms. The van der Waals surface area contributed by atoms with Gasteiger partial charge in [-0.1, -0.05) is 36.9 Å². The highest BCUT2D eigenvalue weighted by molar-refractivity contribution is 5.78. The minimum absolute atomic E-state index is 0.165. The SMILES string of the molecule is C=C(CNCC1CCC(=O)N1)c1ccccc1. The molecule has 1 atom stereocenters. The summed E-state index contributed by atoms with van der Waals surface area (Å²) in [6.07, 6.45) is 1.59. The number of nitrogens with one attached hydrogen (secondary N) is 2. The van der Waals surface area contributed by atoms with Crippen LogP contribution < -0.4 is 10.6 Å². The Bertz CT molecular complexity index is 400. The maximum Gasteiger partial charge on any atom is 0.220 e. The van der Waals surface area contributed by atoms with Crippen LogP contribution in [0.1, 0.15) is 18.4 Å². The molecule has 1 fully saturated rings.